The Morgan fingerprint density at radius 2 is 1.62 bits per heavy atom. The third-order valence-electron chi connectivity index (χ3n) is 5.54. The lowest BCUT2D eigenvalue weighted by Crippen LogP contribution is -2.17. The molecule has 4 rings (SSSR count). The van der Waals surface area contributed by atoms with Crippen LogP contribution in [0, 0.1) is 0 Å². The number of carboxylic acid groups (broad SMARTS) is 1. The Balaban J connectivity index is 1.65. The lowest BCUT2D eigenvalue weighted by molar-refractivity contribution is 0.0684. The van der Waals surface area contributed by atoms with Gasteiger partial charge in [0.05, 0.1) is 14.2 Å². The van der Waals surface area contributed by atoms with Crippen LogP contribution in [0.1, 0.15) is 27.2 Å². The summed E-state index contributed by atoms with van der Waals surface area (Å²) >= 11 is 0. The SMILES string of the molecule is COc1ccc(Cn2c(C(=O)O)c(CNCc3cccc(OC)c3)c3ccccc32)cc1. The van der Waals surface area contributed by atoms with Crippen molar-refractivity contribution in [3.05, 3.63) is 95.2 Å². The number of hydrogen-bond donors (Lipinski definition) is 2. The Labute approximate surface area is 187 Å². The molecule has 6 nitrogen and oxygen atoms in total. The molecular weight excluding hydrogens is 404 g/mol. The average molecular weight is 431 g/mol. The molecule has 0 fully saturated rings. The first-order chi connectivity index (χ1) is 15.6. The van der Waals surface area contributed by atoms with Gasteiger partial charge >= 0.3 is 5.97 Å². The van der Waals surface area contributed by atoms with Crippen LogP contribution in [0.4, 0.5) is 0 Å². The molecule has 0 aliphatic heterocycles. The summed E-state index contributed by atoms with van der Waals surface area (Å²) in [7, 11) is 3.27. The third-order valence-corrected chi connectivity index (χ3v) is 5.54. The fraction of sp³-hybridized carbons (Fsp3) is 0.192. The Morgan fingerprint density at radius 3 is 2.34 bits per heavy atom. The number of rotatable bonds is 9. The van der Waals surface area contributed by atoms with Crippen LogP contribution >= 0.6 is 0 Å². The summed E-state index contributed by atoms with van der Waals surface area (Å²) in [4.78, 5) is 12.3. The van der Waals surface area contributed by atoms with Crippen molar-refractivity contribution in [1.82, 2.24) is 9.88 Å². The van der Waals surface area contributed by atoms with E-state index in [2.05, 4.69) is 5.32 Å². The zero-order valence-corrected chi connectivity index (χ0v) is 18.2. The fourth-order valence-corrected chi connectivity index (χ4v) is 3.99. The molecule has 0 saturated heterocycles. The van der Waals surface area contributed by atoms with Crippen LogP contribution in [0.15, 0.2) is 72.8 Å². The molecule has 0 atom stereocenters. The molecule has 2 N–H and O–H groups in total. The van der Waals surface area contributed by atoms with E-state index in [-0.39, 0.29) is 0 Å². The van der Waals surface area contributed by atoms with Gasteiger partial charge in [0.15, 0.2) is 0 Å². The van der Waals surface area contributed by atoms with Crippen LogP contribution in [0.3, 0.4) is 0 Å². The number of fused-ring (bicyclic) bond motifs is 1. The number of aromatic carboxylic acids is 1. The summed E-state index contributed by atoms with van der Waals surface area (Å²) in [6, 6.07) is 23.3. The van der Waals surface area contributed by atoms with E-state index in [1.807, 2.05) is 77.4 Å². The van der Waals surface area contributed by atoms with Crippen molar-refractivity contribution >= 4 is 16.9 Å². The van der Waals surface area contributed by atoms with Gasteiger partial charge in [0.2, 0.25) is 0 Å². The first kappa shape index (κ1) is 21.5. The van der Waals surface area contributed by atoms with Gasteiger partial charge in [-0.1, -0.05) is 42.5 Å². The van der Waals surface area contributed by atoms with Crippen LogP contribution in [0.2, 0.25) is 0 Å². The second kappa shape index (κ2) is 9.58. The third kappa shape index (κ3) is 4.45. The molecule has 0 spiro atoms. The number of nitrogens with zero attached hydrogens (tertiary/aromatic N) is 1. The Morgan fingerprint density at radius 1 is 0.875 bits per heavy atom. The number of para-hydroxylation sites is 1. The Kier molecular flexibility index (Phi) is 6.42. The molecule has 0 amide bonds. The summed E-state index contributed by atoms with van der Waals surface area (Å²) in [5.74, 6) is 0.631. The first-order valence-corrected chi connectivity index (χ1v) is 10.4. The highest BCUT2D eigenvalue weighted by Gasteiger charge is 2.22. The van der Waals surface area contributed by atoms with Gasteiger partial charge in [0.1, 0.15) is 17.2 Å². The van der Waals surface area contributed by atoms with Crippen molar-refractivity contribution in [2.45, 2.75) is 19.6 Å². The largest absolute Gasteiger partial charge is 0.497 e. The van der Waals surface area contributed by atoms with Gasteiger partial charge in [0, 0.05) is 36.1 Å². The summed E-state index contributed by atoms with van der Waals surface area (Å²) in [6.07, 6.45) is 0. The van der Waals surface area contributed by atoms with Crippen molar-refractivity contribution < 1.29 is 19.4 Å². The average Bonchev–Trinajstić information content (AvgIpc) is 3.13. The normalized spacial score (nSPS) is 10.9. The van der Waals surface area contributed by atoms with Gasteiger partial charge in [0.25, 0.3) is 0 Å². The van der Waals surface area contributed by atoms with E-state index in [0.717, 1.165) is 39.1 Å². The Hall–Kier alpha value is -3.77. The molecule has 6 heteroatoms. The highest BCUT2D eigenvalue weighted by Crippen LogP contribution is 2.28. The van der Waals surface area contributed by atoms with Crippen molar-refractivity contribution in [2.24, 2.45) is 0 Å². The standard InChI is InChI=1S/C26H26N2O4/c1-31-20-12-10-18(11-13-20)17-28-24-9-4-3-8-22(24)23(25(28)26(29)30)16-27-15-19-6-5-7-21(14-19)32-2/h3-14,27H,15-17H2,1-2H3,(H,29,30). The number of carbonyl (C=O) groups is 1. The predicted molar refractivity (Wildman–Crippen MR) is 125 cm³/mol. The van der Waals surface area contributed by atoms with Gasteiger partial charge in [-0.05, 0) is 41.5 Å². The summed E-state index contributed by atoms with van der Waals surface area (Å²) < 4.78 is 12.4. The minimum atomic E-state index is -0.937. The number of nitrogens with one attached hydrogen (secondary N) is 1. The molecular formula is C26H26N2O4. The maximum absolute atomic E-state index is 12.3. The van der Waals surface area contributed by atoms with E-state index in [4.69, 9.17) is 9.47 Å². The monoisotopic (exact) mass is 430 g/mol. The van der Waals surface area contributed by atoms with E-state index in [0.29, 0.717) is 25.3 Å². The number of aromatic nitrogens is 1. The van der Waals surface area contributed by atoms with Crippen LogP contribution in [-0.2, 0) is 19.6 Å². The van der Waals surface area contributed by atoms with Crippen molar-refractivity contribution in [1.29, 1.82) is 0 Å². The van der Waals surface area contributed by atoms with E-state index >= 15 is 0 Å². The maximum Gasteiger partial charge on any atom is 0.352 e. The minimum Gasteiger partial charge on any atom is -0.497 e. The molecule has 1 aromatic heterocycles. The molecule has 0 aliphatic rings. The number of benzene rings is 3. The van der Waals surface area contributed by atoms with Crippen molar-refractivity contribution in [3.8, 4) is 11.5 Å². The lowest BCUT2D eigenvalue weighted by atomic mass is 10.1. The summed E-state index contributed by atoms with van der Waals surface area (Å²) in [5.41, 5.74) is 4.07. The minimum absolute atomic E-state index is 0.306. The van der Waals surface area contributed by atoms with Crippen molar-refractivity contribution in [3.63, 3.8) is 0 Å². The Bertz CT molecular complexity index is 1230. The van der Waals surface area contributed by atoms with Crippen LogP contribution in [0.5, 0.6) is 11.5 Å². The zero-order chi connectivity index (χ0) is 22.5. The topological polar surface area (TPSA) is 72.7 Å². The number of hydrogen-bond acceptors (Lipinski definition) is 4. The molecule has 32 heavy (non-hydrogen) atoms. The second-order valence-electron chi connectivity index (χ2n) is 7.54. The molecule has 0 radical (unpaired) electrons. The van der Waals surface area contributed by atoms with Gasteiger partial charge in [-0.15, -0.1) is 0 Å². The van der Waals surface area contributed by atoms with Gasteiger partial charge < -0.3 is 24.5 Å². The van der Waals surface area contributed by atoms with Crippen LogP contribution < -0.4 is 14.8 Å². The van der Waals surface area contributed by atoms with Gasteiger partial charge in [-0.3, -0.25) is 0 Å². The zero-order valence-electron chi connectivity index (χ0n) is 18.2. The maximum atomic E-state index is 12.3. The molecule has 0 aliphatic carbocycles. The molecule has 1 heterocycles. The van der Waals surface area contributed by atoms with Gasteiger partial charge in [-0.2, -0.15) is 0 Å². The van der Waals surface area contributed by atoms with Crippen molar-refractivity contribution in [2.75, 3.05) is 14.2 Å². The quantitative estimate of drug-likeness (QED) is 0.403. The molecule has 0 bridgehead atoms. The fourth-order valence-electron chi connectivity index (χ4n) is 3.99. The molecule has 164 valence electrons. The number of ether oxygens (including phenoxy) is 2. The summed E-state index contributed by atoms with van der Waals surface area (Å²) in [6.45, 7) is 1.51. The van der Waals surface area contributed by atoms with E-state index < -0.39 is 5.97 Å². The van der Waals surface area contributed by atoms with E-state index in [1.165, 1.54) is 0 Å². The highest BCUT2D eigenvalue weighted by molar-refractivity contribution is 5.98. The van der Waals surface area contributed by atoms with Crippen LogP contribution in [-0.4, -0.2) is 29.9 Å². The second-order valence-corrected chi connectivity index (χ2v) is 7.54. The smallest absolute Gasteiger partial charge is 0.352 e. The first-order valence-electron chi connectivity index (χ1n) is 10.4. The number of carboxylic acids is 1. The summed E-state index contributed by atoms with van der Waals surface area (Å²) in [5, 5.41) is 14.4. The molecule has 3 aromatic carbocycles. The molecule has 0 saturated carbocycles. The van der Waals surface area contributed by atoms with Crippen LogP contribution in [0.25, 0.3) is 10.9 Å². The number of methoxy groups -OCH3 is 2. The van der Waals surface area contributed by atoms with Gasteiger partial charge in [-0.25, -0.2) is 4.79 Å². The lowest BCUT2D eigenvalue weighted by Gasteiger charge is -2.11. The molecule has 0 unspecified atom stereocenters. The predicted octanol–water partition coefficient (Wildman–Crippen LogP) is 4.69. The van der Waals surface area contributed by atoms with E-state index in [1.54, 1.807) is 14.2 Å². The highest BCUT2D eigenvalue weighted by atomic mass is 16.5. The van der Waals surface area contributed by atoms with E-state index in [9.17, 15) is 9.90 Å². The molecule has 4 aromatic rings.